The molecule has 4 fully saturated rings. The number of likely N-dealkylation sites (tertiary alicyclic amines) is 1. The summed E-state index contributed by atoms with van der Waals surface area (Å²) in [5.41, 5.74) is 8.74. The minimum absolute atomic E-state index is 0.0747. The molecule has 4 unspecified atom stereocenters. The molecule has 5 atom stereocenters. The van der Waals surface area contributed by atoms with Crippen LogP contribution in [-0.2, 0) is 9.63 Å². The standard InChI is InChI=1S/C17H32N6O2/c18-15(24)11-4-8-23(9-5-11)14-10-12(3-7-20-14)16-21-17(25-22-16)13-2-1-6-19-13/h11-14,16-17,19-22H,1-10H2,(H2,18,24)/p+2/t12?,13-,14?,16?,17?/m1/s1. The molecule has 8 heteroatoms. The molecule has 1 amide bonds. The minimum atomic E-state index is -0.128. The molecule has 142 valence electrons. The maximum absolute atomic E-state index is 11.4. The number of nitrogens with one attached hydrogen (secondary N) is 2. The van der Waals surface area contributed by atoms with Crippen molar-refractivity contribution in [2.75, 3.05) is 26.2 Å². The lowest BCUT2D eigenvalue weighted by molar-refractivity contribution is -0.720. The van der Waals surface area contributed by atoms with E-state index in [1.165, 1.54) is 25.8 Å². The van der Waals surface area contributed by atoms with Gasteiger partial charge in [-0.2, -0.15) is 5.48 Å². The van der Waals surface area contributed by atoms with Crippen LogP contribution in [0.15, 0.2) is 0 Å². The Morgan fingerprint density at radius 3 is 2.68 bits per heavy atom. The average Bonchev–Trinajstić information content (AvgIpc) is 3.33. The number of primary amides is 1. The van der Waals surface area contributed by atoms with Crippen LogP contribution in [0.1, 0.15) is 38.5 Å². The van der Waals surface area contributed by atoms with E-state index in [-0.39, 0.29) is 24.2 Å². The van der Waals surface area contributed by atoms with Crippen LogP contribution in [0.5, 0.6) is 0 Å². The van der Waals surface area contributed by atoms with E-state index in [9.17, 15) is 4.79 Å². The van der Waals surface area contributed by atoms with Crippen molar-refractivity contribution in [2.45, 2.75) is 63.1 Å². The van der Waals surface area contributed by atoms with Crippen LogP contribution in [0.25, 0.3) is 0 Å². The molecule has 8 N–H and O–H groups in total. The van der Waals surface area contributed by atoms with E-state index < -0.39 is 0 Å². The number of nitrogens with zero attached hydrogens (tertiary/aromatic N) is 1. The van der Waals surface area contributed by atoms with Gasteiger partial charge in [-0.05, 0) is 12.8 Å². The van der Waals surface area contributed by atoms with E-state index in [1.807, 2.05) is 0 Å². The van der Waals surface area contributed by atoms with Gasteiger partial charge in [-0.25, -0.2) is 0 Å². The Hall–Kier alpha value is -0.770. The van der Waals surface area contributed by atoms with Gasteiger partial charge in [-0.1, -0.05) is 0 Å². The minimum Gasteiger partial charge on any atom is -0.369 e. The molecule has 8 nitrogen and oxygen atoms in total. The molecule has 0 aromatic rings. The zero-order valence-corrected chi connectivity index (χ0v) is 15.0. The summed E-state index contributed by atoms with van der Waals surface area (Å²) in [5, 5.41) is 8.57. The van der Waals surface area contributed by atoms with E-state index >= 15 is 0 Å². The molecule has 0 radical (unpaired) electrons. The van der Waals surface area contributed by atoms with Crippen LogP contribution < -0.4 is 27.2 Å². The maximum atomic E-state index is 11.4. The summed E-state index contributed by atoms with van der Waals surface area (Å²) < 4.78 is 0. The van der Waals surface area contributed by atoms with Gasteiger partial charge in [-0.15, -0.1) is 0 Å². The van der Waals surface area contributed by atoms with Crippen LogP contribution in [-0.4, -0.2) is 61.6 Å². The number of quaternary nitrogens is 2. The summed E-state index contributed by atoms with van der Waals surface area (Å²) >= 11 is 0. The third-order valence-corrected chi connectivity index (χ3v) is 6.66. The predicted molar refractivity (Wildman–Crippen MR) is 91.5 cm³/mol. The van der Waals surface area contributed by atoms with Crippen LogP contribution >= 0.6 is 0 Å². The van der Waals surface area contributed by atoms with Gasteiger partial charge in [-0.3, -0.25) is 19.8 Å². The molecule has 25 heavy (non-hydrogen) atoms. The fraction of sp³-hybridized carbons (Fsp3) is 0.941. The van der Waals surface area contributed by atoms with Gasteiger partial charge in [0.25, 0.3) is 0 Å². The first-order valence-corrected chi connectivity index (χ1v) is 10.1. The van der Waals surface area contributed by atoms with Crippen molar-refractivity contribution in [3.05, 3.63) is 0 Å². The molecule has 4 aliphatic heterocycles. The molecule has 0 bridgehead atoms. The first kappa shape index (κ1) is 17.6. The molecular formula is C17H34N6O2+2. The monoisotopic (exact) mass is 354 g/mol. The smallest absolute Gasteiger partial charge is 0.220 e. The van der Waals surface area contributed by atoms with Crippen molar-refractivity contribution in [2.24, 2.45) is 17.6 Å². The molecule has 4 saturated heterocycles. The summed E-state index contributed by atoms with van der Waals surface area (Å²) in [6.07, 6.45) is 7.65. The normalized spacial score (nSPS) is 41.2. The van der Waals surface area contributed by atoms with Crippen molar-refractivity contribution < 1.29 is 20.3 Å². The summed E-state index contributed by atoms with van der Waals surface area (Å²) in [4.78, 5) is 19.8. The van der Waals surface area contributed by atoms with E-state index in [1.54, 1.807) is 0 Å². The van der Waals surface area contributed by atoms with Gasteiger partial charge in [0, 0.05) is 50.6 Å². The Bertz CT molecular complexity index is 464. The van der Waals surface area contributed by atoms with Crippen LogP contribution in [0.3, 0.4) is 0 Å². The maximum Gasteiger partial charge on any atom is 0.220 e. The summed E-state index contributed by atoms with van der Waals surface area (Å²) in [6.45, 7) is 4.36. The van der Waals surface area contributed by atoms with Crippen molar-refractivity contribution in [3.8, 4) is 0 Å². The molecule has 0 aromatic heterocycles. The lowest BCUT2D eigenvalue weighted by Crippen LogP contribution is -2.95. The molecule has 0 spiro atoms. The summed E-state index contributed by atoms with van der Waals surface area (Å²) in [7, 11) is 0. The van der Waals surface area contributed by atoms with E-state index in [0.717, 1.165) is 38.9 Å². The number of hydroxylamine groups is 1. The molecule has 4 aliphatic rings. The summed E-state index contributed by atoms with van der Waals surface area (Å²) in [5.74, 6) is 0.539. The highest BCUT2D eigenvalue weighted by molar-refractivity contribution is 5.76. The second-order valence-corrected chi connectivity index (χ2v) is 8.22. The lowest BCUT2D eigenvalue weighted by atomic mass is 9.90. The first-order chi connectivity index (χ1) is 12.2. The van der Waals surface area contributed by atoms with Crippen molar-refractivity contribution in [3.63, 3.8) is 0 Å². The molecular weight excluding hydrogens is 320 g/mol. The third-order valence-electron chi connectivity index (χ3n) is 6.66. The van der Waals surface area contributed by atoms with Gasteiger partial charge in [0.1, 0.15) is 12.2 Å². The SMILES string of the molecule is NC(=O)C1CCN(C2CC(C3NOC([C@H]4CCC[NH2+]4)N3)CC[NH2+]2)CC1. The Balaban J connectivity index is 1.27. The highest BCUT2D eigenvalue weighted by Gasteiger charge is 2.42. The number of rotatable bonds is 4. The van der Waals surface area contributed by atoms with Crippen molar-refractivity contribution >= 4 is 5.91 Å². The lowest BCUT2D eigenvalue weighted by Gasteiger charge is -2.39. The predicted octanol–water partition coefficient (Wildman–Crippen LogP) is -3.01. The van der Waals surface area contributed by atoms with Crippen LogP contribution in [0.4, 0.5) is 0 Å². The second kappa shape index (κ2) is 7.85. The molecule has 4 rings (SSSR count). The van der Waals surface area contributed by atoms with Gasteiger partial charge < -0.3 is 16.4 Å². The number of nitrogens with two attached hydrogens (primary N) is 3. The highest BCUT2D eigenvalue weighted by Crippen LogP contribution is 2.24. The van der Waals surface area contributed by atoms with Gasteiger partial charge in [0.2, 0.25) is 5.91 Å². The number of hydrogen-bond donors (Lipinski definition) is 5. The van der Waals surface area contributed by atoms with Gasteiger partial charge >= 0.3 is 0 Å². The number of hydrogen-bond acceptors (Lipinski definition) is 5. The fourth-order valence-corrected chi connectivity index (χ4v) is 5.06. The molecule has 4 heterocycles. The van der Waals surface area contributed by atoms with Gasteiger partial charge in [0.05, 0.1) is 19.3 Å². The Kier molecular flexibility index (Phi) is 5.54. The van der Waals surface area contributed by atoms with Crippen molar-refractivity contribution in [1.29, 1.82) is 0 Å². The second-order valence-electron chi connectivity index (χ2n) is 8.22. The Morgan fingerprint density at radius 1 is 1.12 bits per heavy atom. The van der Waals surface area contributed by atoms with E-state index in [0.29, 0.717) is 18.1 Å². The van der Waals surface area contributed by atoms with E-state index in [4.69, 9.17) is 10.6 Å². The number of amides is 1. The average molecular weight is 354 g/mol. The third kappa shape index (κ3) is 3.99. The Labute approximate surface area is 149 Å². The largest absolute Gasteiger partial charge is 0.369 e. The zero-order chi connectivity index (χ0) is 17.2. The quantitative estimate of drug-likeness (QED) is 0.369. The summed E-state index contributed by atoms with van der Waals surface area (Å²) in [6, 6.07) is 0.552. The van der Waals surface area contributed by atoms with Crippen LogP contribution in [0, 0.1) is 11.8 Å². The fourth-order valence-electron chi connectivity index (χ4n) is 5.06. The number of piperidine rings is 2. The molecule has 0 saturated carbocycles. The Morgan fingerprint density at radius 2 is 1.96 bits per heavy atom. The topological polar surface area (TPSA) is 113 Å². The number of carbonyl (C=O) groups excluding carboxylic acids is 1. The van der Waals surface area contributed by atoms with Crippen molar-refractivity contribution in [1.82, 2.24) is 15.7 Å². The van der Waals surface area contributed by atoms with E-state index in [2.05, 4.69) is 26.3 Å². The van der Waals surface area contributed by atoms with Crippen LogP contribution in [0.2, 0.25) is 0 Å². The highest BCUT2D eigenvalue weighted by atomic mass is 16.7. The molecule has 0 aliphatic carbocycles. The van der Waals surface area contributed by atoms with Gasteiger partial charge in [0.15, 0.2) is 6.23 Å². The number of carbonyl (C=O) groups is 1. The molecule has 0 aromatic carbocycles. The zero-order valence-electron chi connectivity index (χ0n) is 15.0. The first-order valence-electron chi connectivity index (χ1n) is 10.1.